The third-order valence-electron chi connectivity index (χ3n) is 5.09. The summed E-state index contributed by atoms with van der Waals surface area (Å²) in [7, 11) is 0. The molecule has 0 fully saturated rings. The molecular formula is C24H29N3O. The lowest BCUT2D eigenvalue weighted by Gasteiger charge is -2.15. The van der Waals surface area contributed by atoms with E-state index in [1.54, 1.807) is 12.5 Å². The minimum Gasteiger partial charge on any atom is -0.348 e. The highest BCUT2D eigenvalue weighted by atomic mass is 16.2. The van der Waals surface area contributed by atoms with Crippen molar-refractivity contribution in [2.75, 3.05) is 0 Å². The number of rotatable bonds is 8. The van der Waals surface area contributed by atoms with Gasteiger partial charge in [0.25, 0.3) is 5.91 Å². The molecule has 1 amide bonds. The lowest BCUT2D eigenvalue weighted by atomic mass is 10.0. The second kappa shape index (κ2) is 9.36. The zero-order chi connectivity index (χ0) is 19.9. The largest absolute Gasteiger partial charge is 0.348 e. The van der Waals surface area contributed by atoms with E-state index in [9.17, 15) is 4.79 Å². The molecule has 0 saturated carbocycles. The van der Waals surface area contributed by atoms with E-state index >= 15 is 0 Å². The Morgan fingerprint density at radius 2 is 1.86 bits per heavy atom. The Labute approximate surface area is 167 Å². The molecule has 0 saturated heterocycles. The van der Waals surface area contributed by atoms with Gasteiger partial charge in [-0.15, -0.1) is 0 Å². The van der Waals surface area contributed by atoms with E-state index in [2.05, 4.69) is 61.4 Å². The molecule has 1 atom stereocenters. The maximum Gasteiger partial charge on any atom is 0.270 e. The number of benzene rings is 2. The van der Waals surface area contributed by atoms with Crippen LogP contribution in [-0.2, 0) is 0 Å². The lowest BCUT2D eigenvalue weighted by molar-refractivity contribution is 0.0931. The summed E-state index contributed by atoms with van der Waals surface area (Å²) in [6, 6.07) is 16.7. The van der Waals surface area contributed by atoms with Crippen molar-refractivity contribution in [1.29, 1.82) is 0 Å². The van der Waals surface area contributed by atoms with Crippen LogP contribution in [0.4, 0.5) is 0 Å². The predicted molar refractivity (Wildman–Crippen MR) is 115 cm³/mol. The van der Waals surface area contributed by atoms with Crippen molar-refractivity contribution in [2.45, 2.75) is 52.5 Å². The van der Waals surface area contributed by atoms with Crippen LogP contribution in [0.25, 0.3) is 16.8 Å². The van der Waals surface area contributed by atoms with Gasteiger partial charge in [-0.1, -0.05) is 62.6 Å². The molecule has 0 bridgehead atoms. The fourth-order valence-corrected chi connectivity index (χ4v) is 3.44. The molecule has 1 aromatic heterocycles. The number of hydrogen-bond donors (Lipinski definition) is 1. The Balaban J connectivity index is 1.74. The summed E-state index contributed by atoms with van der Waals surface area (Å²) in [5, 5.41) is 3.10. The number of aromatic nitrogens is 2. The van der Waals surface area contributed by atoms with E-state index in [0.29, 0.717) is 5.69 Å². The van der Waals surface area contributed by atoms with Crippen LogP contribution in [0.15, 0.2) is 61.1 Å². The molecule has 3 aromatic rings. The smallest absolute Gasteiger partial charge is 0.270 e. The number of aryl methyl sites for hydroxylation is 1. The molecule has 4 nitrogen and oxygen atoms in total. The Hall–Kier alpha value is -2.88. The first kappa shape index (κ1) is 19.9. The van der Waals surface area contributed by atoms with Crippen LogP contribution in [0.3, 0.4) is 0 Å². The normalized spacial score (nSPS) is 12.0. The van der Waals surface area contributed by atoms with Crippen molar-refractivity contribution in [3.8, 4) is 16.8 Å². The van der Waals surface area contributed by atoms with Crippen LogP contribution in [0.5, 0.6) is 0 Å². The zero-order valence-electron chi connectivity index (χ0n) is 17.0. The minimum atomic E-state index is -0.0792. The number of unbranched alkanes of at least 4 members (excludes halogenated alkanes) is 2. The molecule has 1 heterocycles. The molecule has 3 rings (SSSR count). The molecule has 0 radical (unpaired) electrons. The first-order valence-electron chi connectivity index (χ1n) is 10.1. The molecule has 4 heteroatoms. The number of hydrogen-bond acceptors (Lipinski definition) is 2. The highest BCUT2D eigenvalue weighted by molar-refractivity contribution is 5.93. The second-order valence-corrected chi connectivity index (χ2v) is 7.38. The molecule has 146 valence electrons. The van der Waals surface area contributed by atoms with Gasteiger partial charge in [-0.05, 0) is 49.1 Å². The molecule has 0 aliphatic heterocycles. The maximum atomic E-state index is 12.7. The van der Waals surface area contributed by atoms with Gasteiger partial charge in [-0.25, -0.2) is 4.98 Å². The molecule has 2 aromatic carbocycles. The Morgan fingerprint density at radius 1 is 1.11 bits per heavy atom. The molecule has 0 spiro atoms. The average molecular weight is 376 g/mol. The molecule has 1 unspecified atom stereocenters. The summed E-state index contributed by atoms with van der Waals surface area (Å²) < 4.78 is 1.84. The van der Waals surface area contributed by atoms with Gasteiger partial charge < -0.3 is 5.32 Å². The summed E-state index contributed by atoms with van der Waals surface area (Å²) in [5.41, 5.74) is 5.12. The number of imidazole rings is 1. The first-order chi connectivity index (χ1) is 13.6. The van der Waals surface area contributed by atoms with E-state index in [1.165, 1.54) is 24.0 Å². The van der Waals surface area contributed by atoms with E-state index < -0.39 is 0 Å². The predicted octanol–water partition coefficient (Wildman–Crippen LogP) is 5.55. The van der Waals surface area contributed by atoms with Gasteiger partial charge in [0.1, 0.15) is 5.69 Å². The topological polar surface area (TPSA) is 46.9 Å². The standard InChI is InChI=1S/C24H29N3O/c1-4-5-6-10-19(3)26-24(28)23-16-25-17-27(23)21-14-12-20(13-15-21)22-11-8-7-9-18(22)2/h7-9,11-17,19H,4-6,10H2,1-3H3,(H,26,28). The summed E-state index contributed by atoms with van der Waals surface area (Å²) in [5.74, 6) is -0.0792. The molecular weight excluding hydrogens is 346 g/mol. The molecule has 28 heavy (non-hydrogen) atoms. The third kappa shape index (κ3) is 4.69. The van der Waals surface area contributed by atoms with Gasteiger partial charge >= 0.3 is 0 Å². The van der Waals surface area contributed by atoms with Crippen molar-refractivity contribution >= 4 is 5.91 Å². The van der Waals surface area contributed by atoms with Gasteiger partial charge in [-0.3, -0.25) is 9.36 Å². The highest BCUT2D eigenvalue weighted by Gasteiger charge is 2.15. The van der Waals surface area contributed by atoms with Crippen molar-refractivity contribution in [2.24, 2.45) is 0 Å². The van der Waals surface area contributed by atoms with E-state index in [-0.39, 0.29) is 11.9 Å². The van der Waals surface area contributed by atoms with Crippen LogP contribution < -0.4 is 5.32 Å². The number of nitrogens with zero attached hydrogens (tertiary/aromatic N) is 2. The summed E-state index contributed by atoms with van der Waals surface area (Å²) in [6.45, 7) is 6.36. The second-order valence-electron chi connectivity index (χ2n) is 7.38. The Morgan fingerprint density at radius 3 is 2.57 bits per heavy atom. The van der Waals surface area contributed by atoms with Crippen molar-refractivity contribution in [3.63, 3.8) is 0 Å². The average Bonchev–Trinajstić information content (AvgIpc) is 3.19. The summed E-state index contributed by atoms with van der Waals surface area (Å²) in [6.07, 6.45) is 7.84. The van der Waals surface area contributed by atoms with Crippen molar-refractivity contribution in [3.05, 3.63) is 72.3 Å². The third-order valence-corrected chi connectivity index (χ3v) is 5.09. The number of carbonyl (C=O) groups is 1. The molecule has 0 aliphatic rings. The van der Waals surface area contributed by atoms with Crippen LogP contribution in [0, 0.1) is 6.92 Å². The van der Waals surface area contributed by atoms with E-state index in [4.69, 9.17) is 0 Å². The monoisotopic (exact) mass is 375 g/mol. The van der Waals surface area contributed by atoms with Crippen LogP contribution >= 0.6 is 0 Å². The maximum absolute atomic E-state index is 12.7. The van der Waals surface area contributed by atoms with Gasteiger partial charge in [0.05, 0.1) is 12.5 Å². The first-order valence-corrected chi connectivity index (χ1v) is 10.1. The van der Waals surface area contributed by atoms with Crippen LogP contribution in [-0.4, -0.2) is 21.5 Å². The van der Waals surface area contributed by atoms with Crippen molar-refractivity contribution < 1.29 is 4.79 Å². The minimum absolute atomic E-state index is 0.0792. The summed E-state index contributed by atoms with van der Waals surface area (Å²) in [4.78, 5) is 16.9. The number of amides is 1. The van der Waals surface area contributed by atoms with Gasteiger partial charge in [0.15, 0.2) is 0 Å². The Bertz CT molecular complexity index is 912. The van der Waals surface area contributed by atoms with Crippen LogP contribution in [0.1, 0.15) is 55.6 Å². The van der Waals surface area contributed by atoms with Gasteiger partial charge in [-0.2, -0.15) is 0 Å². The molecule has 1 N–H and O–H groups in total. The van der Waals surface area contributed by atoms with Gasteiger partial charge in [0, 0.05) is 11.7 Å². The summed E-state index contributed by atoms with van der Waals surface area (Å²) >= 11 is 0. The SMILES string of the molecule is CCCCCC(C)NC(=O)c1cncn1-c1ccc(-c2ccccc2C)cc1. The van der Waals surface area contributed by atoms with Gasteiger partial charge in [0.2, 0.25) is 0 Å². The van der Waals surface area contributed by atoms with Crippen LogP contribution in [0.2, 0.25) is 0 Å². The van der Waals surface area contributed by atoms with E-state index in [1.807, 2.05) is 22.8 Å². The fraction of sp³-hybridized carbons (Fsp3) is 0.333. The molecule has 0 aliphatic carbocycles. The van der Waals surface area contributed by atoms with Crippen molar-refractivity contribution in [1.82, 2.24) is 14.9 Å². The zero-order valence-corrected chi connectivity index (χ0v) is 17.0. The lowest BCUT2D eigenvalue weighted by Crippen LogP contribution is -2.33. The quantitative estimate of drug-likeness (QED) is 0.525. The van der Waals surface area contributed by atoms with E-state index in [0.717, 1.165) is 24.1 Å². The number of carbonyl (C=O) groups excluding carboxylic acids is 1. The number of nitrogens with one attached hydrogen (secondary N) is 1. The highest BCUT2D eigenvalue weighted by Crippen LogP contribution is 2.24. The Kier molecular flexibility index (Phi) is 6.64. The fourth-order valence-electron chi connectivity index (χ4n) is 3.44.